The number of ether oxygens (including phenoxy) is 1. The lowest BCUT2D eigenvalue weighted by atomic mass is 9.85. The highest BCUT2D eigenvalue weighted by molar-refractivity contribution is 6.07. The molecule has 0 aromatic heterocycles. The van der Waals surface area contributed by atoms with Crippen LogP contribution in [0.5, 0.6) is 5.75 Å². The van der Waals surface area contributed by atoms with Gasteiger partial charge in [-0.1, -0.05) is 77.9 Å². The van der Waals surface area contributed by atoms with Gasteiger partial charge in [0.2, 0.25) is 0 Å². The lowest BCUT2D eigenvalue weighted by molar-refractivity contribution is 0.409. The first-order valence-electron chi connectivity index (χ1n) is 13.1. The highest BCUT2D eigenvalue weighted by Crippen LogP contribution is 2.35. The Balaban J connectivity index is 2.18. The Kier molecular flexibility index (Phi) is 9.03. The Hall–Kier alpha value is -3.60. The van der Waals surface area contributed by atoms with Crippen molar-refractivity contribution in [1.29, 1.82) is 0 Å². The fourth-order valence-corrected chi connectivity index (χ4v) is 4.75. The summed E-state index contributed by atoms with van der Waals surface area (Å²) < 4.78 is 5.65. The maximum Gasteiger partial charge on any atom is 0.122 e. The van der Waals surface area contributed by atoms with Gasteiger partial charge in [-0.2, -0.15) is 0 Å². The number of hydrogen-bond acceptors (Lipinski definition) is 5. The van der Waals surface area contributed by atoms with Gasteiger partial charge in [-0.25, -0.2) is 0 Å². The molecule has 0 aliphatic carbocycles. The minimum atomic E-state index is -0.119. The largest absolute Gasteiger partial charge is 0.496 e. The van der Waals surface area contributed by atoms with Gasteiger partial charge >= 0.3 is 0 Å². The van der Waals surface area contributed by atoms with Crippen LogP contribution in [0.15, 0.2) is 81.9 Å². The molecule has 38 heavy (non-hydrogen) atoms. The molecule has 0 saturated heterocycles. The number of rotatable bonds is 8. The van der Waals surface area contributed by atoms with Crippen LogP contribution in [-0.4, -0.2) is 18.5 Å². The molecular formula is C33H41N3O2. The highest BCUT2D eigenvalue weighted by atomic mass is 16.5. The first kappa shape index (κ1) is 29.0. The Morgan fingerprint density at radius 1 is 0.763 bits per heavy atom. The van der Waals surface area contributed by atoms with Crippen molar-refractivity contribution >= 4 is 28.5 Å². The summed E-state index contributed by atoms with van der Waals surface area (Å²) in [5, 5.41) is 3.15. The van der Waals surface area contributed by atoms with Crippen LogP contribution in [0.3, 0.4) is 0 Å². The molecule has 3 aromatic rings. The van der Waals surface area contributed by atoms with Gasteiger partial charge in [-0.05, 0) is 83.3 Å². The van der Waals surface area contributed by atoms with Crippen LogP contribution in [0.25, 0.3) is 0 Å². The van der Waals surface area contributed by atoms with E-state index in [-0.39, 0.29) is 16.7 Å². The van der Waals surface area contributed by atoms with Gasteiger partial charge in [0.1, 0.15) is 11.4 Å². The van der Waals surface area contributed by atoms with E-state index in [0.29, 0.717) is 17.9 Å². The molecule has 0 heterocycles. The standard InChI is InChI=1S/C33H41N3O2/c1-22(34-29-16-12-10-14-27(29)32(3,4)5)26(21-24-20-25(36-37)18-19-31(24)38-9)23(2)35-30-17-13-11-15-28(30)33(6,7)8/h10-20,26H,21H2,1-9H3/b34-22+,35-23+. The predicted molar refractivity (Wildman–Crippen MR) is 161 cm³/mol. The molecule has 0 N–H and O–H groups in total. The van der Waals surface area contributed by atoms with Gasteiger partial charge in [0, 0.05) is 17.3 Å². The number of hydrogen-bond donors (Lipinski definition) is 0. The number of nitroso groups, excluding NO2 is 1. The zero-order valence-corrected chi connectivity index (χ0v) is 24.3. The van der Waals surface area contributed by atoms with Crippen LogP contribution in [0.2, 0.25) is 0 Å². The highest BCUT2D eigenvalue weighted by Gasteiger charge is 2.23. The number of aliphatic imine (C=N–C) groups is 2. The van der Waals surface area contributed by atoms with Crippen molar-refractivity contribution in [2.24, 2.45) is 21.1 Å². The first-order valence-corrected chi connectivity index (χ1v) is 13.1. The molecule has 3 aromatic carbocycles. The third-order valence-electron chi connectivity index (χ3n) is 6.82. The first-order chi connectivity index (χ1) is 17.8. The van der Waals surface area contributed by atoms with Crippen molar-refractivity contribution in [1.82, 2.24) is 0 Å². The molecule has 0 fully saturated rings. The Morgan fingerprint density at radius 3 is 1.66 bits per heavy atom. The summed E-state index contributed by atoms with van der Waals surface area (Å²) in [6, 6.07) is 21.9. The van der Waals surface area contributed by atoms with Gasteiger partial charge in [-0.3, -0.25) is 9.98 Å². The number of para-hydroxylation sites is 2. The molecule has 5 nitrogen and oxygen atoms in total. The summed E-state index contributed by atoms with van der Waals surface area (Å²) in [7, 11) is 1.64. The minimum Gasteiger partial charge on any atom is -0.496 e. The molecule has 200 valence electrons. The van der Waals surface area contributed by atoms with E-state index in [0.717, 1.165) is 28.4 Å². The van der Waals surface area contributed by atoms with Crippen molar-refractivity contribution in [3.8, 4) is 5.75 Å². The van der Waals surface area contributed by atoms with Crippen molar-refractivity contribution in [3.63, 3.8) is 0 Å². The molecule has 5 heteroatoms. The molecule has 3 rings (SSSR count). The summed E-state index contributed by atoms with van der Waals surface area (Å²) in [6.07, 6.45) is 0.576. The SMILES string of the molecule is COc1ccc(N=O)cc1CC(/C(C)=N/c1ccccc1C(C)(C)C)/C(C)=N/c1ccccc1C(C)(C)C. The lowest BCUT2D eigenvalue weighted by Crippen LogP contribution is -2.23. The predicted octanol–water partition coefficient (Wildman–Crippen LogP) is 9.43. The Labute approximate surface area is 228 Å². The summed E-state index contributed by atoms with van der Waals surface area (Å²) in [5.41, 5.74) is 7.37. The second-order valence-electron chi connectivity index (χ2n) is 11.9. The Bertz CT molecular complexity index is 1270. The van der Waals surface area contributed by atoms with Gasteiger partial charge in [-0.15, -0.1) is 4.91 Å². The van der Waals surface area contributed by atoms with Crippen molar-refractivity contribution in [2.75, 3.05) is 7.11 Å². The third kappa shape index (κ3) is 7.03. The Morgan fingerprint density at radius 2 is 1.24 bits per heavy atom. The number of nitrogens with zero attached hydrogens (tertiary/aromatic N) is 3. The molecule has 0 aliphatic heterocycles. The van der Waals surface area contributed by atoms with E-state index >= 15 is 0 Å². The molecule has 0 amide bonds. The van der Waals surface area contributed by atoms with E-state index in [2.05, 4.69) is 97.0 Å². The molecule has 0 aliphatic rings. The van der Waals surface area contributed by atoms with Crippen LogP contribution in [-0.2, 0) is 17.3 Å². The maximum atomic E-state index is 11.3. The van der Waals surface area contributed by atoms with Crippen LogP contribution in [0.4, 0.5) is 17.1 Å². The monoisotopic (exact) mass is 511 g/mol. The van der Waals surface area contributed by atoms with Gasteiger partial charge in [0.15, 0.2) is 0 Å². The normalized spacial score (nSPS) is 13.1. The second kappa shape index (κ2) is 11.8. The number of benzene rings is 3. The van der Waals surface area contributed by atoms with Crippen LogP contribution in [0, 0.1) is 10.8 Å². The number of methoxy groups -OCH3 is 1. The summed E-state index contributed by atoms with van der Waals surface area (Å²) >= 11 is 0. The van der Waals surface area contributed by atoms with Gasteiger partial charge in [0.05, 0.1) is 18.5 Å². The van der Waals surface area contributed by atoms with E-state index in [1.807, 2.05) is 12.1 Å². The molecule has 0 bridgehead atoms. The van der Waals surface area contributed by atoms with E-state index in [9.17, 15) is 4.91 Å². The summed E-state index contributed by atoms with van der Waals surface area (Å²) in [6.45, 7) is 17.3. The molecular weight excluding hydrogens is 470 g/mol. The van der Waals surface area contributed by atoms with Crippen LogP contribution in [0.1, 0.15) is 72.1 Å². The van der Waals surface area contributed by atoms with E-state index in [1.165, 1.54) is 11.1 Å². The smallest absolute Gasteiger partial charge is 0.122 e. The van der Waals surface area contributed by atoms with E-state index in [4.69, 9.17) is 14.7 Å². The average molecular weight is 512 g/mol. The quantitative estimate of drug-likeness (QED) is 0.223. The molecule has 0 spiro atoms. The molecule has 0 saturated carbocycles. The lowest BCUT2D eigenvalue weighted by Gasteiger charge is -2.24. The van der Waals surface area contributed by atoms with Crippen molar-refractivity contribution < 1.29 is 4.74 Å². The van der Waals surface area contributed by atoms with Gasteiger partial charge < -0.3 is 4.74 Å². The molecule has 0 atom stereocenters. The summed E-state index contributed by atoms with van der Waals surface area (Å²) in [4.78, 5) is 21.6. The topological polar surface area (TPSA) is 63.4 Å². The summed E-state index contributed by atoms with van der Waals surface area (Å²) in [5.74, 6) is 0.597. The average Bonchev–Trinajstić information content (AvgIpc) is 2.86. The van der Waals surface area contributed by atoms with Crippen molar-refractivity contribution in [3.05, 3.63) is 88.3 Å². The van der Waals surface area contributed by atoms with Crippen molar-refractivity contribution in [2.45, 2.75) is 72.6 Å². The maximum absolute atomic E-state index is 11.3. The fraction of sp³-hybridized carbons (Fsp3) is 0.394. The molecule has 0 unspecified atom stereocenters. The second-order valence-corrected chi connectivity index (χ2v) is 11.9. The molecule has 0 radical (unpaired) electrons. The fourth-order valence-electron chi connectivity index (χ4n) is 4.75. The van der Waals surface area contributed by atoms with E-state index < -0.39 is 0 Å². The zero-order chi connectivity index (χ0) is 28.1. The van der Waals surface area contributed by atoms with Gasteiger partial charge in [0.25, 0.3) is 0 Å². The van der Waals surface area contributed by atoms with Crippen LogP contribution < -0.4 is 4.74 Å². The van der Waals surface area contributed by atoms with E-state index in [1.54, 1.807) is 25.3 Å². The zero-order valence-electron chi connectivity index (χ0n) is 24.3. The third-order valence-corrected chi connectivity index (χ3v) is 6.82. The van der Waals surface area contributed by atoms with Crippen LogP contribution >= 0.6 is 0 Å². The minimum absolute atomic E-state index is 0.0438.